The van der Waals surface area contributed by atoms with E-state index in [2.05, 4.69) is 10.3 Å². The minimum absolute atomic E-state index is 0.0716. The Morgan fingerprint density at radius 1 is 1.03 bits per heavy atom. The van der Waals surface area contributed by atoms with Crippen molar-refractivity contribution >= 4 is 28.9 Å². The molecule has 1 heterocycles. The Labute approximate surface area is 210 Å². The number of esters is 2. The van der Waals surface area contributed by atoms with E-state index >= 15 is 0 Å². The van der Waals surface area contributed by atoms with E-state index in [1.54, 1.807) is 20.8 Å². The van der Waals surface area contributed by atoms with Crippen LogP contribution in [0.3, 0.4) is 0 Å². The second-order valence-corrected chi connectivity index (χ2v) is 9.32. The van der Waals surface area contributed by atoms with Crippen LogP contribution in [0, 0.1) is 0 Å². The van der Waals surface area contributed by atoms with Gasteiger partial charge in [0.05, 0.1) is 6.54 Å². The Balaban J connectivity index is 1.84. The van der Waals surface area contributed by atoms with Crippen LogP contribution in [0.15, 0.2) is 72.4 Å². The van der Waals surface area contributed by atoms with Gasteiger partial charge in [-0.1, -0.05) is 48.5 Å². The average Bonchev–Trinajstić information content (AvgIpc) is 3.22. The normalized spacial score (nSPS) is 12.6. The molecule has 2 N–H and O–H groups in total. The quantitative estimate of drug-likeness (QED) is 0.252. The van der Waals surface area contributed by atoms with Gasteiger partial charge < -0.3 is 24.5 Å². The summed E-state index contributed by atoms with van der Waals surface area (Å²) in [5, 5.41) is 3.56. The minimum atomic E-state index is -0.903. The number of amides is 1. The second-order valence-electron chi connectivity index (χ2n) is 9.32. The highest BCUT2D eigenvalue weighted by Crippen LogP contribution is 2.22. The van der Waals surface area contributed by atoms with Gasteiger partial charge in [-0.15, -0.1) is 0 Å². The maximum atomic E-state index is 13.2. The number of ether oxygens (including phenoxy) is 3. The number of aromatic amines is 1. The first-order valence-electron chi connectivity index (χ1n) is 11.7. The molecule has 1 aromatic heterocycles. The lowest BCUT2D eigenvalue weighted by atomic mass is 10.0. The molecule has 0 aliphatic carbocycles. The zero-order valence-corrected chi connectivity index (χ0v) is 21.0. The summed E-state index contributed by atoms with van der Waals surface area (Å²) in [5.41, 5.74) is 2.29. The van der Waals surface area contributed by atoms with E-state index < -0.39 is 29.7 Å². The molecule has 0 radical (unpaired) electrons. The van der Waals surface area contributed by atoms with Crippen LogP contribution in [-0.2, 0) is 36.8 Å². The third-order valence-electron chi connectivity index (χ3n) is 5.08. The fourth-order valence-corrected chi connectivity index (χ4v) is 3.57. The lowest BCUT2D eigenvalue weighted by molar-refractivity contribution is -0.145. The van der Waals surface area contributed by atoms with E-state index in [0.29, 0.717) is 5.57 Å². The maximum Gasteiger partial charge on any atom is 0.407 e. The van der Waals surface area contributed by atoms with Crippen molar-refractivity contribution in [3.8, 4) is 0 Å². The number of carbonyl (C=O) groups excluding carboxylic acids is 3. The summed E-state index contributed by atoms with van der Waals surface area (Å²) < 4.78 is 16.2. The SMILES string of the molecule is CC(=O)OC(/C=C(\Cc1c[nH]c2ccccc12)C(=O)OCc1ccccc1)CNC(=O)OC(C)(C)C. The zero-order valence-electron chi connectivity index (χ0n) is 21.0. The number of para-hydroxylation sites is 1. The number of aromatic nitrogens is 1. The van der Waals surface area contributed by atoms with Crippen molar-refractivity contribution in [1.29, 1.82) is 0 Å². The average molecular weight is 493 g/mol. The molecule has 8 nitrogen and oxygen atoms in total. The predicted molar refractivity (Wildman–Crippen MR) is 136 cm³/mol. The summed E-state index contributed by atoms with van der Waals surface area (Å²) >= 11 is 0. The summed E-state index contributed by atoms with van der Waals surface area (Å²) in [5.74, 6) is -1.09. The van der Waals surface area contributed by atoms with Crippen molar-refractivity contribution in [3.63, 3.8) is 0 Å². The van der Waals surface area contributed by atoms with Crippen molar-refractivity contribution < 1.29 is 28.6 Å². The summed E-state index contributed by atoms with van der Waals surface area (Å²) in [6.45, 7) is 6.53. The van der Waals surface area contributed by atoms with Gasteiger partial charge in [0.2, 0.25) is 0 Å². The number of carbonyl (C=O) groups is 3. The number of benzene rings is 2. The molecule has 1 amide bonds. The fraction of sp³-hybridized carbons (Fsp3) is 0.321. The van der Waals surface area contributed by atoms with Crippen LogP contribution in [0.25, 0.3) is 10.9 Å². The molecule has 36 heavy (non-hydrogen) atoms. The molecule has 0 fully saturated rings. The first kappa shape index (κ1) is 26.5. The number of hydrogen-bond donors (Lipinski definition) is 2. The predicted octanol–water partition coefficient (Wildman–Crippen LogP) is 4.84. The fourth-order valence-electron chi connectivity index (χ4n) is 3.57. The highest BCUT2D eigenvalue weighted by Gasteiger charge is 2.21. The molecule has 0 aliphatic heterocycles. The van der Waals surface area contributed by atoms with E-state index in [1.165, 1.54) is 13.0 Å². The molecular weight excluding hydrogens is 460 g/mol. The van der Waals surface area contributed by atoms with E-state index in [0.717, 1.165) is 22.0 Å². The number of nitrogens with one attached hydrogen (secondary N) is 2. The van der Waals surface area contributed by atoms with Crippen LogP contribution in [-0.4, -0.2) is 41.3 Å². The van der Waals surface area contributed by atoms with Gasteiger partial charge in [-0.25, -0.2) is 9.59 Å². The van der Waals surface area contributed by atoms with Crippen molar-refractivity contribution in [3.05, 3.63) is 83.6 Å². The molecule has 1 unspecified atom stereocenters. The smallest absolute Gasteiger partial charge is 0.407 e. The van der Waals surface area contributed by atoms with Crippen molar-refractivity contribution in [2.75, 3.05) is 6.54 Å². The summed E-state index contributed by atoms with van der Waals surface area (Å²) in [7, 11) is 0. The monoisotopic (exact) mass is 492 g/mol. The van der Waals surface area contributed by atoms with Gasteiger partial charge in [0, 0.05) is 36.0 Å². The molecule has 3 aromatic rings. The van der Waals surface area contributed by atoms with Gasteiger partial charge in [-0.05, 0) is 44.0 Å². The first-order chi connectivity index (χ1) is 17.1. The van der Waals surface area contributed by atoms with Crippen molar-refractivity contribution in [2.45, 2.75) is 52.4 Å². The third kappa shape index (κ3) is 8.30. The number of hydrogen-bond acceptors (Lipinski definition) is 6. The Hall–Kier alpha value is -4.07. The van der Waals surface area contributed by atoms with E-state index in [1.807, 2.05) is 60.8 Å². The Morgan fingerprint density at radius 2 is 1.72 bits per heavy atom. The van der Waals surface area contributed by atoms with Crippen LogP contribution < -0.4 is 5.32 Å². The number of rotatable bonds is 9. The Bertz CT molecular complexity index is 1220. The topological polar surface area (TPSA) is 107 Å². The number of alkyl carbamates (subject to hydrolysis) is 1. The molecule has 1 atom stereocenters. The van der Waals surface area contributed by atoms with Crippen molar-refractivity contribution in [2.24, 2.45) is 0 Å². The van der Waals surface area contributed by atoms with Crippen LogP contribution in [0.4, 0.5) is 4.79 Å². The molecule has 0 aliphatic rings. The highest BCUT2D eigenvalue weighted by molar-refractivity contribution is 5.91. The minimum Gasteiger partial charge on any atom is -0.457 e. The van der Waals surface area contributed by atoms with Gasteiger partial charge in [-0.3, -0.25) is 4.79 Å². The lowest BCUT2D eigenvalue weighted by Gasteiger charge is -2.21. The Morgan fingerprint density at radius 3 is 2.42 bits per heavy atom. The highest BCUT2D eigenvalue weighted by atomic mass is 16.6. The van der Waals surface area contributed by atoms with Crippen LogP contribution >= 0.6 is 0 Å². The molecule has 190 valence electrons. The molecule has 3 rings (SSSR count). The Kier molecular flexibility index (Phi) is 8.89. The maximum absolute atomic E-state index is 13.2. The molecular formula is C28H32N2O6. The van der Waals surface area contributed by atoms with E-state index in [9.17, 15) is 14.4 Å². The van der Waals surface area contributed by atoms with Crippen molar-refractivity contribution in [1.82, 2.24) is 10.3 Å². The van der Waals surface area contributed by atoms with Gasteiger partial charge in [0.15, 0.2) is 0 Å². The molecule has 0 bridgehead atoms. The molecule has 0 spiro atoms. The van der Waals surface area contributed by atoms with Crippen LogP contribution in [0.2, 0.25) is 0 Å². The summed E-state index contributed by atoms with van der Waals surface area (Å²) in [6, 6.07) is 17.1. The van der Waals surface area contributed by atoms with Gasteiger partial charge in [0.25, 0.3) is 0 Å². The van der Waals surface area contributed by atoms with Crippen LogP contribution in [0.5, 0.6) is 0 Å². The lowest BCUT2D eigenvalue weighted by Crippen LogP contribution is -2.38. The van der Waals surface area contributed by atoms with E-state index in [-0.39, 0.29) is 19.6 Å². The molecule has 0 saturated heterocycles. The summed E-state index contributed by atoms with van der Waals surface area (Å²) in [4.78, 5) is 40.3. The first-order valence-corrected chi connectivity index (χ1v) is 11.7. The zero-order chi connectivity index (χ0) is 26.1. The molecule has 2 aromatic carbocycles. The number of fused-ring (bicyclic) bond motifs is 1. The summed E-state index contributed by atoms with van der Waals surface area (Å²) in [6.07, 6.45) is 2.04. The second kappa shape index (κ2) is 12.1. The van der Waals surface area contributed by atoms with Gasteiger partial charge in [0.1, 0.15) is 18.3 Å². The number of H-pyrrole nitrogens is 1. The largest absolute Gasteiger partial charge is 0.457 e. The van der Waals surface area contributed by atoms with E-state index in [4.69, 9.17) is 14.2 Å². The standard InChI is InChI=1S/C28H32N2O6/c1-19(31)35-23(17-30-27(33)36-28(2,3)4)15-21(26(32)34-18-20-10-6-5-7-11-20)14-22-16-29-25-13-9-8-12-24(22)25/h5-13,15-16,23,29H,14,17-18H2,1-4H3,(H,30,33)/b21-15+. The third-order valence-corrected chi connectivity index (χ3v) is 5.08. The van der Waals surface area contributed by atoms with Gasteiger partial charge >= 0.3 is 18.0 Å². The molecule has 0 saturated carbocycles. The van der Waals surface area contributed by atoms with Gasteiger partial charge in [-0.2, -0.15) is 0 Å². The van der Waals surface area contributed by atoms with Crippen LogP contribution in [0.1, 0.15) is 38.8 Å². The molecule has 8 heteroatoms.